The zero-order valence-corrected chi connectivity index (χ0v) is 12.1. The van der Waals surface area contributed by atoms with Crippen LogP contribution in [0, 0.1) is 0 Å². The van der Waals surface area contributed by atoms with Crippen molar-refractivity contribution in [3.63, 3.8) is 0 Å². The van der Waals surface area contributed by atoms with E-state index in [2.05, 4.69) is 5.32 Å². The first-order valence-corrected chi connectivity index (χ1v) is 6.48. The number of hydrogen-bond donors (Lipinski definition) is 2. The Hall–Kier alpha value is -2.69. The Kier molecular flexibility index (Phi) is 4.66. The van der Waals surface area contributed by atoms with Crippen molar-refractivity contribution < 1.29 is 14.3 Å². The maximum Gasteiger partial charge on any atom is 0.228 e. The first-order valence-electron chi connectivity index (χ1n) is 6.48. The number of hydrogen-bond acceptors (Lipinski definition) is 4. The van der Waals surface area contributed by atoms with Crippen molar-refractivity contribution in [3.8, 4) is 11.5 Å². The Morgan fingerprint density at radius 1 is 1.10 bits per heavy atom. The lowest BCUT2D eigenvalue weighted by Crippen LogP contribution is -2.15. The largest absolute Gasteiger partial charge is 0.497 e. The van der Waals surface area contributed by atoms with E-state index in [1.54, 1.807) is 38.5 Å². The zero-order chi connectivity index (χ0) is 15.2. The predicted molar refractivity (Wildman–Crippen MR) is 82.7 cm³/mol. The second kappa shape index (κ2) is 6.65. The number of rotatable bonds is 5. The molecule has 0 atom stereocenters. The third-order valence-corrected chi connectivity index (χ3v) is 3.04. The summed E-state index contributed by atoms with van der Waals surface area (Å²) in [6, 6.07) is 12.5. The molecular formula is C16H18N2O3. The van der Waals surface area contributed by atoms with Crippen molar-refractivity contribution in [2.45, 2.75) is 6.42 Å². The number of carbonyl (C=O) groups excluding carboxylic acids is 1. The van der Waals surface area contributed by atoms with E-state index >= 15 is 0 Å². The second-order valence-electron chi connectivity index (χ2n) is 4.53. The van der Waals surface area contributed by atoms with Crippen molar-refractivity contribution in [2.75, 3.05) is 25.3 Å². The minimum atomic E-state index is -0.150. The number of nitrogens with two attached hydrogens (primary N) is 1. The summed E-state index contributed by atoms with van der Waals surface area (Å²) in [5, 5.41) is 2.81. The number of nitrogens with one attached hydrogen (secondary N) is 1. The van der Waals surface area contributed by atoms with Crippen LogP contribution < -0.4 is 20.5 Å². The molecule has 110 valence electrons. The smallest absolute Gasteiger partial charge is 0.228 e. The fraction of sp³-hybridized carbons (Fsp3) is 0.188. The minimum absolute atomic E-state index is 0.150. The van der Waals surface area contributed by atoms with Crippen molar-refractivity contribution >= 4 is 17.3 Å². The number of para-hydroxylation sites is 1. The number of amides is 1. The van der Waals surface area contributed by atoms with E-state index in [0.29, 0.717) is 22.9 Å². The van der Waals surface area contributed by atoms with Crippen molar-refractivity contribution in [2.24, 2.45) is 0 Å². The molecule has 0 aromatic heterocycles. The second-order valence-corrected chi connectivity index (χ2v) is 4.53. The van der Waals surface area contributed by atoms with Crippen LogP contribution in [0.4, 0.5) is 11.4 Å². The Balaban J connectivity index is 2.11. The Morgan fingerprint density at radius 3 is 2.29 bits per heavy atom. The number of methoxy groups -OCH3 is 2. The molecule has 0 bridgehead atoms. The lowest BCUT2D eigenvalue weighted by molar-refractivity contribution is -0.115. The van der Waals surface area contributed by atoms with Gasteiger partial charge in [0.25, 0.3) is 0 Å². The highest BCUT2D eigenvalue weighted by Gasteiger charge is 2.08. The average molecular weight is 286 g/mol. The van der Waals surface area contributed by atoms with Crippen LogP contribution >= 0.6 is 0 Å². The molecule has 0 aliphatic carbocycles. The Labute approximate surface area is 123 Å². The summed E-state index contributed by atoms with van der Waals surface area (Å²) in [4.78, 5) is 12.1. The summed E-state index contributed by atoms with van der Waals surface area (Å²) in [5.74, 6) is 1.08. The molecule has 0 spiro atoms. The summed E-state index contributed by atoms with van der Waals surface area (Å²) in [6.07, 6.45) is 0.214. The van der Waals surface area contributed by atoms with E-state index in [9.17, 15) is 4.79 Å². The fourth-order valence-corrected chi connectivity index (χ4v) is 1.95. The fourth-order valence-electron chi connectivity index (χ4n) is 1.95. The van der Waals surface area contributed by atoms with Crippen LogP contribution in [0.5, 0.6) is 11.5 Å². The molecule has 1 amide bonds. The molecule has 0 unspecified atom stereocenters. The summed E-state index contributed by atoms with van der Waals surface area (Å²) in [6.45, 7) is 0. The van der Waals surface area contributed by atoms with Gasteiger partial charge in [-0.05, 0) is 11.6 Å². The van der Waals surface area contributed by atoms with Gasteiger partial charge in [-0.2, -0.15) is 0 Å². The van der Waals surface area contributed by atoms with Crippen molar-refractivity contribution in [1.82, 2.24) is 0 Å². The SMILES string of the molecule is COc1cc(NC(=O)Cc2ccccc2N)cc(OC)c1. The van der Waals surface area contributed by atoms with Gasteiger partial charge >= 0.3 is 0 Å². The number of nitrogen functional groups attached to an aromatic ring is 1. The third kappa shape index (κ3) is 3.89. The van der Waals surface area contributed by atoms with Gasteiger partial charge in [0.15, 0.2) is 0 Å². The van der Waals surface area contributed by atoms with Gasteiger partial charge in [-0.3, -0.25) is 4.79 Å². The molecule has 0 saturated carbocycles. The number of anilines is 2. The van der Waals surface area contributed by atoms with E-state index in [4.69, 9.17) is 15.2 Å². The number of benzene rings is 2. The Morgan fingerprint density at radius 2 is 1.71 bits per heavy atom. The maximum atomic E-state index is 12.1. The zero-order valence-electron chi connectivity index (χ0n) is 12.1. The van der Waals surface area contributed by atoms with E-state index in [1.807, 2.05) is 18.2 Å². The summed E-state index contributed by atoms with van der Waals surface area (Å²) < 4.78 is 10.3. The highest BCUT2D eigenvalue weighted by atomic mass is 16.5. The highest BCUT2D eigenvalue weighted by Crippen LogP contribution is 2.26. The molecule has 2 rings (SSSR count). The molecule has 3 N–H and O–H groups in total. The van der Waals surface area contributed by atoms with Crippen LogP contribution in [0.2, 0.25) is 0 Å². The van der Waals surface area contributed by atoms with Gasteiger partial charge in [-0.15, -0.1) is 0 Å². The van der Waals surface area contributed by atoms with E-state index in [0.717, 1.165) is 5.56 Å². The van der Waals surface area contributed by atoms with Crippen LogP contribution in [-0.4, -0.2) is 20.1 Å². The van der Waals surface area contributed by atoms with Crippen LogP contribution in [0.25, 0.3) is 0 Å². The van der Waals surface area contributed by atoms with Gasteiger partial charge in [-0.1, -0.05) is 18.2 Å². The average Bonchev–Trinajstić information content (AvgIpc) is 2.49. The molecule has 0 aliphatic heterocycles. The van der Waals surface area contributed by atoms with E-state index < -0.39 is 0 Å². The Bertz CT molecular complexity index is 619. The molecule has 5 nitrogen and oxygen atoms in total. The topological polar surface area (TPSA) is 73.6 Å². The molecule has 21 heavy (non-hydrogen) atoms. The normalized spacial score (nSPS) is 10.0. The van der Waals surface area contributed by atoms with Gasteiger partial charge in [0, 0.05) is 29.6 Å². The molecule has 0 radical (unpaired) electrons. The van der Waals surface area contributed by atoms with Gasteiger partial charge in [0.05, 0.1) is 20.6 Å². The predicted octanol–water partition coefficient (Wildman–Crippen LogP) is 2.47. The van der Waals surface area contributed by atoms with Crippen LogP contribution in [-0.2, 0) is 11.2 Å². The first kappa shape index (κ1) is 14.7. The maximum absolute atomic E-state index is 12.1. The first-order chi connectivity index (χ1) is 10.1. The molecular weight excluding hydrogens is 268 g/mol. The summed E-state index contributed by atoms with van der Waals surface area (Å²) >= 11 is 0. The number of carbonyl (C=O) groups is 1. The number of ether oxygens (including phenoxy) is 2. The van der Waals surface area contributed by atoms with Gasteiger partial charge in [0.2, 0.25) is 5.91 Å². The molecule has 0 heterocycles. The molecule has 5 heteroatoms. The standard InChI is InChI=1S/C16H18N2O3/c1-20-13-8-12(9-14(10-13)21-2)18-16(19)7-11-5-3-4-6-15(11)17/h3-6,8-10H,7,17H2,1-2H3,(H,18,19). The van der Waals surface area contributed by atoms with Gasteiger partial charge in [0.1, 0.15) is 11.5 Å². The van der Waals surface area contributed by atoms with Crippen LogP contribution in [0.3, 0.4) is 0 Å². The quantitative estimate of drug-likeness (QED) is 0.828. The van der Waals surface area contributed by atoms with Crippen LogP contribution in [0.15, 0.2) is 42.5 Å². The highest BCUT2D eigenvalue weighted by molar-refractivity contribution is 5.93. The van der Waals surface area contributed by atoms with E-state index in [-0.39, 0.29) is 12.3 Å². The molecule has 0 saturated heterocycles. The molecule has 2 aromatic carbocycles. The molecule has 0 fully saturated rings. The summed E-state index contributed by atoms with van der Waals surface area (Å²) in [5.41, 5.74) is 7.85. The monoisotopic (exact) mass is 286 g/mol. The lowest BCUT2D eigenvalue weighted by atomic mass is 10.1. The van der Waals surface area contributed by atoms with Gasteiger partial charge < -0.3 is 20.5 Å². The lowest BCUT2D eigenvalue weighted by Gasteiger charge is -2.10. The van der Waals surface area contributed by atoms with E-state index in [1.165, 1.54) is 0 Å². The third-order valence-electron chi connectivity index (χ3n) is 3.04. The molecule has 2 aromatic rings. The summed E-state index contributed by atoms with van der Waals surface area (Å²) in [7, 11) is 3.12. The van der Waals surface area contributed by atoms with Gasteiger partial charge in [-0.25, -0.2) is 0 Å². The van der Waals surface area contributed by atoms with Crippen LogP contribution in [0.1, 0.15) is 5.56 Å². The minimum Gasteiger partial charge on any atom is -0.497 e. The molecule has 0 aliphatic rings. The van der Waals surface area contributed by atoms with Crippen molar-refractivity contribution in [1.29, 1.82) is 0 Å². The van der Waals surface area contributed by atoms with Crippen molar-refractivity contribution in [3.05, 3.63) is 48.0 Å².